The summed E-state index contributed by atoms with van der Waals surface area (Å²) in [5.74, 6) is 0.687. The summed E-state index contributed by atoms with van der Waals surface area (Å²) in [6.45, 7) is 7.74. The fraction of sp³-hybridized carbons (Fsp3) is 0.429. The quantitative estimate of drug-likeness (QED) is 0.832. The first-order chi connectivity index (χ1) is 8.16. The summed E-state index contributed by atoms with van der Waals surface area (Å²) in [5.41, 5.74) is 1.36. The van der Waals surface area contributed by atoms with Gasteiger partial charge in [0.2, 0.25) is 0 Å². The van der Waals surface area contributed by atoms with Gasteiger partial charge < -0.3 is 5.32 Å². The maximum absolute atomic E-state index is 3.57. The minimum absolute atomic E-state index is 0.572. The van der Waals surface area contributed by atoms with Crippen LogP contribution in [0, 0.1) is 5.92 Å². The average molecular weight is 265 g/mol. The number of thiophene rings is 2. The van der Waals surface area contributed by atoms with Crippen molar-refractivity contribution < 1.29 is 0 Å². The van der Waals surface area contributed by atoms with Crippen molar-refractivity contribution in [2.24, 2.45) is 5.92 Å². The zero-order chi connectivity index (χ0) is 12.3. The Morgan fingerprint density at radius 3 is 2.71 bits per heavy atom. The van der Waals surface area contributed by atoms with Crippen molar-refractivity contribution >= 4 is 22.7 Å². The van der Waals surface area contributed by atoms with Gasteiger partial charge in [0.15, 0.2) is 0 Å². The lowest BCUT2D eigenvalue weighted by Gasteiger charge is -2.16. The van der Waals surface area contributed by atoms with Gasteiger partial charge in [0.25, 0.3) is 0 Å². The highest BCUT2D eigenvalue weighted by Gasteiger charge is 2.07. The van der Waals surface area contributed by atoms with E-state index in [9.17, 15) is 0 Å². The van der Waals surface area contributed by atoms with E-state index in [4.69, 9.17) is 0 Å². The summed E-state index contributed by atoms with van der Waals surface area (Å²) in [6, 6.07) is 7.16. The minimum atomic E-state index is 0.572. The number of hydrogen-bond acceptors (Lipinski definition) is 3. The molecule has 2 aromatic rings. The highest BCUT2D eigenvalue weighted by molar-refractivity contribution is 7.14. The monoisotopic (exact) mass is 265 g/mol. The molecule has 0 spiro atoms. The maximum Gasteiger partial charge on any atom is 0.0351 e. The maximum atomic E-state index is 3.57. The first-order valence-electron chi connectivity index (χ1n) is 6.01. The van der Waals surface area contributed by atoms with E-state index < -0.39 is 0 Å². The second-order valence-corrected chi connectivity index (χ2v) is 6.64. The van der Waals surface area contributed by atoms with Crippen molar-refractivity contribution in [3.63, 3.8) is 0 Å². The molecule has 0 fully saturated rings. The van der Waals surface area contributed by atoms with Gasteiger partial charge in [0.1, 0.15) is 0 Å². The average Bonchev–Trinajstić information content (AvgIpc) is 2.95. The molecule has 0 saturated heterocycles. The van der Waals surface area contributed by atoms with Crippen LogP contribution < -0.4 is 5.32 Å². The lowest BCUT2D eigenvalue weighted by molar-refractivity contribution is 0.428. The fourth-order valence-corrected chi connectivity index (χ4v) is 3.17. The summed E-state index contributed by atoms with van der Waals surface area (Å²) < 4.78 is 0. The van der Waals surface area contributed by atoms with Crippen LogP contribution in [0.4, 0.5) is 0 Å². The lowest BCUT2D eigenvalue weighted by atomic mass is 10.1. The van der Waals surface area contributed by atoms with Gasteiger partial charge in [-0.3, -0.25) is 0 Å². The van der Waals surface area contributed by atoms with Crippen LogP contribution in [-0.2, 0) is 6.54 Å². The molecule has 0 aliphatic heterocycles. The second-order valence-electron chi connectivity index (χ2n) is 4.69. The van der Waals surface area contributed by atoms with Crippen LogP contribution in [0.25, 0.3) is 10.4 Å². The third-order valence-corrected chi connectivity index (χ3v) is 4.91. The van der Waals surface area contributed by atoms with E-state index in [2.05, 4.69) is 55.0 Å². The second kappa shape index (κ2) is 5.80. The summed E-state index contributed by atoms with van der Waals surface area (Å²) in [4.78, 5) is 2.78. The van der Waals surface area contributed by atoms with Gasteiger partial charge in [-0.15, -0.1) is 22.7 Å². The summed E-state index contributed by atoms with van der Waals surface area (Å²) >= 11 is 3.65. The molecule has 3 heteroatoms. The molecule has 0 aliphatic carbocycles. The van der Waals surface area contributed by atoms with E-state index in [0.717, 1.165) is 6.54 Å². The minimum Gasteiger partial charge on any atom is -0.309 e. The number of rotatable bonds is 5. The van der Waals surface area contributed by atoms with Crippen molar-refractivity contribution in [2.75, 3.05) is 0 Å². The van der Waals surface area contributed by atoms with Crippen LogP contribution in [0.15, 0.2) is 29.0 Å². The number of hydrogen-bond donors (Lipinski definition) is 1. The molecule has 0 saturated carbocycles. The molecule has 17 heavy (non-hydrogen) atoms. The molecule has 2 aromatic heterocycles. The largest absolute Gasteiger partial charge is 0.309 e. The van der Waals surface area contributed by atoms with Crippen molar-refractivity contribution in [2.45, 2.75) is 33.4 Å². The zero-order valence-electron chi connectivity index (χ0n) is 10.6. The Bertz CT molecular complexity index is 442. The Balaban J connectivity index is 1.95. The van der Waals surface area contributed by atoms with Gasteiger partial charge in [-0.1, -0.05) is 19.9 Å². The van der Waals surface area contributed by atoms with E-state index in [-0.39, 0.29) is 0 Å². The summed E-state index contributed by atoms with van der Waals surface area (Å²) in [7, 11) is 0. The Morgan fingerprint density at radius 1 is 1.24 bits per heavy atom. The van der Waals surface area contributed by atoms with Crippen LogP contribution >= 0.6 is 22.7 Å². The molecule has 0 amide bonds. The topological polar surface area (TPSA) is 12.0 Å². The highest BCUT2D eigenvalue weighted by atomic mass is 32.1. The van der Waals surface area contributed by atoms with Crippen molar-refractivity contribution in [1.82, 2.24) is 5.32 Å². The molecular weight excluding hydrogens is 246 g/mol. The normalized spacial score (nSPS) is 13.2. The molecule has 0 bridgehead atoms. The van der Waals surface area contributed by atoms with E-state index in [1.54, 1.807) is 11.3 Å². The standard InChI is InChI=1S/C14H19NS2/c1-10(2)11(3)15-8-13-7-12(9-17-13)14-5-4-6-16-14/h4-7,9-11,15H,8H2,1-3H3. The SMILES string of the molecule is CC(C)C(C)NCc1cc(-c2cccs2)cs1. The van der Waals surface area contributed by atoms with E-state index in [0.29, 0.717) is 12.0 Å². The fourth-order valence-electron chi connectivity index (χ4n) is 1.54. The van der Waals surface area contributed by atoms with Crippen LogP contribution in [-0.4, -0.2) is 6.04 Å². The van der Waals surface area contributed by atoms with E-state index in [1.165, 1.54) is 15.3 Å². The predicted molar refractivity (Wildman–Crippen MR) is 78.8 cm³/mol. The van der Waals surface area contributed by atoms with Crippen molar-refractivity contribution in [3.8, 4) is 10.4 Å². The Kier molecular flexibility index (Phi) is 4.37. The molecule has 0 aromatic carbocycles. The molecular formula is C14H19NS2. The Labute approximate surface area is 112 Å². The van der Waals surface area contributed by atoms with E-state index >= 15 is 0 Å². The first-order valence-corrected chi connectivity index (χ1v) is 7.77. The van der Waals surface area contributed by atoms with Gasteiger partial charge in [-0.05, 0) is 35.7 Å². The van der Waals surface area contributed by atoms with E-state index in [1.807, 2.05) is 11.3 Å². The first kappa shape index (κ1) is 12.8. The molecule has 1 atom stereocenters. The Hall–Kier alpha value is -0.640. The molecule has 1 N–H and O–H groups in total. The summed E-state index contributed by atoms with van der Waals surface area (Å²) in [5, 5.41) is 7.95. The van der Waals surface area contributed by atoms with Gasteiger partial charge in [0, 0.05) is 27.9 Å². The molecule has 1 unspecified atom stereocenters. The van der Waals surface area contributed by atoms with Gasteiger partial charge in [-0.2, -0.15) is 0 Å². The van der Waals surface area contributed by atoms with Crippen LogP contribution in [0.2, 0.25) is 0 Å². The molecule has 2 heterocycles. The van der Waals surface area contributed by atoms with Crippen molar-refractivity contribution in [3.05, 3.63) is 33.8 Å². The van der Waals surface area contributed by atoms with Crippen LogP contribution in [0.1, 0.15) is 25.6 Å². The Morgan fingerprint density at radius 2 is 2.06 bits per heavy atom. The van der Waals surface area contributed by atoms with Gasteiger partial charge in [-0.25, -0.2) is 0 Å². The van der Waals surface area contributed by atoms with Crippen LogP contribution in [0.3, 0.4) is 0 Å². The molecule has 92 valence electrons. The van der Waals surface area contributed by atoms with Gasteiger partial charge >= 0.3 is 0 Å². The third-order valence-electron chi connectivity index (χ3n) is 3.06. The smallest absolute Gasteiger partial charge is 0.0351 e. The molecule has 0 aliphatic rings. The number of nitrogens with one attached hydrogen (secondary N) is 1. The molecule has 1 nitrogen and oxygen atoms in total. The highest BCUT2D eigenvalue weighted by Crippen LogP contribution is 2.29. The summed E-state index contributed by atoms with van der Waals surface area (Å²) in [6.07, 6.45) is 0. The predicted octanol–water partition coefficient (Wildman–Crippen LogP) is 4.61. The van der Waals surface area contributed by atoms with Gasteiger partial charge in [0.05, 0.1) is 0 Å². The van der Waals surface area contributed by atoms with Crippen molar-refractivity contribution in [1.29, 1.82) is 0 Å². The van der Waals surface area contributed by atoms with Crippen LogP contribution in [0.5, 0.6) is 0 Å². The third kappa shape index (κ3) is 3.41. The zero-order valence-corrected chi connectivity index (χ0v) is 12.2. The molecule has 2 rings (SSSR count). The molecule has 0 radical (unpaired) electrons. The lowest BCUT2D eigenvalue weighted by Crippen LogP contribution is -2.29.